The first kappa shape index (κ1) is 26.0. The Morgan fingerprint density at radius 1 is 1.03 bits per heavy atom. The van der Waals surface area contributed by atoms with Crippen LogP contribution in [0.1, 0.15) is 91.9 Å². The van der Waals surface area contributed by atoms with Crippen molar-refractivity contribution in [2.45, 2.75) is 89.6 Å². The molecule has 1 amide bonds. The van der Waals surface area contributed by atoms with Gasteiger partial charge in [0.05, 0.1) is 7.11 Å². The predicted octanol–water partition coefficient (Wildman–Crippen LogP) is 4.83. The highest BCUT2D eigenvalue weighted by Gasteiger charge is 2.38. The number of carboxylic acid groups (broad SMARTS) is 1. The number of nitrogens with zero attached hydrogens (tertiary/aromatic N) is 1. The Morgan fingerprint density at radius 3 is 2.31 bits per heavy atom. The van der Waals surface area contributed by atoms with E-state index in [0.717, 1.165) is 62.6 Å². The Morgan fingerprint density at radius 2 is 1.67 bits per heavy atom. The van der Waals surface area contributed by atoms with Crippen molar-refractivity contribution >= 4 is 11.9 Å². The number of benzene rings is 1. The normalized spacial score (nSPS) is 18.3. The number of aromatic nitrogens is 1. The minimum absolute atomic E-state index is 0.0334. The van der Waals surface area contributed by atoms with E-state index in [1.807, 2.05) is 4.57 Å². The summed E-state index contributed by atoms with van der Waals surface area (Å²) in [6.45, 7) is 2.08. The van der Waals surface area contributed by atoms with Crippen LogP contribution >= 0.6 is 0 Å². The molecular formula is C29H38N2O5. The van der Waals surface area contributed by atoms with E-state index in [1.165, 1.54) is 33.3 Å². The summed E-state index contributed by atoms with van der Waals surface area (Å²) in [5, 5.41) is 12.8. The van der Waals surface area contributed by atoms with Crippen LogP contribution in [0.25, 0.3) is 0 Å². The highest BCUT2D eigenvalue weighted by molar-refractivity contribution is 5.98. The number of rotatable bonds is 7. The smallest absolute Gasteiger partial charge is 0.333 e. The minimum Gasteiger partial charge on any atom is -0.497 e. The number of nitrogens with one attached hydrogen (secondary N) is 1. The molecule has 1 unspecified atom stereocenters. The predicted molar refractivity (Wildman–Crippen MR) is 139 cm³/mol. The number of carbonyl (C=O) groups excluding carboxylic acids is 1. The van der Waals surface area contributed by atoms with Gasteiger partial charge >= 0.3 is 5.97 Å². The average molecular weight is 495 g/mol. The van der Waals surface area contributed by atoms with Crippen molar-refractivity contribution in [1.82, 2.24) is 9.88 Å². The van der Waals surface area contributed by atoms with Gasteiger partial charge in [-0.25, -0.2) is 4.79 Å². The van der Waals surface area contributed by atoms with E-state index in [4.69, 9.17) is 4.74 Å². The Hall–Kier alpha value is -3.09. The lowest BCUT2D eigenvalue weighted by atomic mass is 9.88. The number of pyridine rings is 1. The second-order valence-electron chi connectivity index (χ2n) is 10.5. The van der Waals surface area contributed by atoms with Crippen LogP contribution < -0.4 is 15.6 Å². The second-order valence-corrected chi connectivity index (χ2v) is 10.5. The van der Waals surface area contributed by atoms with Crippen LogP contribution in [0.3, 0.4) is 0 Å². The van der Waals surface area contributed by atoms with Crippen LogP contribution in [-0.4, -0.2) is 28.7 Å². The van der Waals surface area contributed by atoms with Crippen molar-refractivity contribution in [2.24, 2.45) is 5.92 Å². The second kappa shape index (κ2) is 11.3. The molecule has 36 heavy (non-hydrogen) atoms. The van der Waals surface area contributed by atoms with Gasteiger partial charge in [0.1, 0.15) is 11.3 Å². The first-order valence-electron chi connectivity index (χ1n) is 13.3. The molecule has 1 saturated carbocycles. The van der Waals surface area contributed by atoms with Crippen LogP contribution in [0.5, 0.6) is 5.75 Å². The summed E-state index contributed by atoms with van der Waals surface area (Å²) in [5.41, 5.74) is 0.549. The van der Waals surface area contributed by atoms with Gasteiger partial charge in [-0.3, -0.25) is 9.59 Å². The van der Waals surface area contributed by atoms with Gasteiger partial charge in [-0.2, -0.15) is 0 Å². The van der Waals surface area contributed by atoms with Crippen molar-refractivity contribution in [2.75, 3.05) is 7.11 Å². The summed E-state index contributed by atoms with van der Waals surface area (Å²) in [4.78, 5) is 39.7. The molecule has 4 rings (SSSR count). The molecule has 1 fully saturated rings. The van der Waals surface area contributed by atoms with E-state index < -0.39 is 17.4 Å². The fraction of sp³-hybridized carbons (Fsp3) is 0.552. The number of carboxylic acids is 1. The van der Waals surface area contributed by atoms with Crippen molar-refractivity contribution < 1.29 is 19.4 Å². The van der Waals surface area contributed by atoms with Gasteiger partial charge in [-0.1, -0.05) is 44.2 Å². The largest absolute Gasteiger partial charge is 0.497 e. The van der Waals surface area contributed by atoms with Crippen LogP contribution in [0, 0.1) is 5.92 Å². The molecule has 1 aromatic heterocycles. The van der Waals surface area contributed by atoms with Crippen molar-refractivity contribution in [1.29, 1.82) is 0 Å². The van der Waals surface area contributed by atoms with Crippen molar-refractivity contribution in [3.8, 4) is 5.75 Å². The van der Waals surface area contributed by atoms with Gasteiger partial charge in [-0.05, 0) is 80.7 Å². The highest BCUT2D eigenvalue weighted by Crippen LogP contribution is 2.28. The molecule has 0 radical (unpaired) electrons. The Bertz CT molecular complexity index is 1150. The molecule has 2 aliphatic carbocycles. The minimum atomic E-state index is -1.70. The number of methoxy groups -OCH3 is 1. The molecule has 1 aromatic carbocycles. The van der Waals surface area contributed by atoms with Crippen molar-refractivity contribution in [3.05, 3.63) is 63.1 Å². The Kier molecular flexibility index (Phi) is 8.17. The maximum atomic E-state index is 13.8. The molecular weight excluding hydrogens is 456 g/mol. The van der Waals surface area contributed by atoms with Crippen LogP contribution in [-0.2, 0) is 29.7 Å². The average Bonchev–Trinajstić information content (AvgIpc) is 2.87. The number of carbonyl (C=O) groups is 2. The van der Waals surface area contributed by atoms with Crippen LogP contribution in [0.15, 0.2) is 35.1 Å². The number of ether oxygens (including phenoxy) is 1. The number of amides is 1. The number of hydrogen-bond acceptors (Lipinski definition) is 4. The molecule has 7 heteroatoms. The van der Waals surface area contributed by atoms with Gasteiger partial charge < -0.3 is 19.7 Å². The molecule has 0 aliphatic heterocycles. The zero-order valence-electron chi connectivity index (χ0n) is 21.5. The topological polar surface area (TPSA) is 97.6 Å². The first-order valence-corrected chi connectivity index (χ1v) is 13.3. The number of hydrogen-bond donors (Lipinski definition) is 2. The van der Waals surface area contributed by atoms with E-state index in [-0.39, 0.29) is 11.1 Å². The Labute approximate surface area is 212 Å². The third-order valence-corrected chi connectivity index (χ3v) is 7.97. The number of aliphatic carboxylic acids is 1. The summed E-state index contributed by atoms with van der Waals surface area (Å²) >= 11 is 0. The molecule has 194 valence electrons. The molecule has 0 spiro atoms. The van der Waals surface area contributed by atoms with Gasteiger partial charge in [0.2, 0.25) is 0 Å². The van der Waals surface area contributed by atoms with E-state index in [0.29, 0.717) is 23.8 Å². The van der Waals surface area contributed by atoms with Gasteiger partial charge in [-0.15, -0.1) is 0 Å². The zero-order chi connectivity index (χ0) is 25.7. The summed E-state index contributed by atoms with van der Waals surface area (Å²) < 4.78 is 7.04. The summed E-state index contributed by atoms with van der Waals surface area (Å²) in [7, 11) is 1.53. The molecule has 0 bridgehead atoms. The summed E-state index contributed by atoms with van der Waals surface area (Å²) in [5.74, 6) is -0.823. The van der Waals surface area contributed by atoms with E-state index >= 15 is 0 Å². The maximum Gasteiger partial charge on any atom is 0.333 e. The molecule has 2 N–H and O–H groups in total. The molecule has 1 atom stereocenters. The van der Waals surface area contributed by atoms with E-state index in [1.54, 1.807) is 30.3 Å². The molecule has 2 aliphatic rings. The summed E-state index contributed by atoms with van der Waals surface area (Å²) in [6.07, 6.45) is 11.8. The monoisotopic (exact) mass is 494 g/mol. The van der Waals surface area contributed by atoms with Gasteiger partial charge in [0, 0.05) is 12.2 Å². The lowest BCUT2D eigenvalue weighted by molar-refractivity contribution is -0.144. The van der Waals surface area contributed by atoms with E-state index in [9.17, 15) is 19.5 Å². The fourth-order valence-electron chi connectivity index (χ4n) is 5.69. The van der Waals surface area contributed by atoms with E-state index in [2.05, 4.69) is 5.32 Å². The van der Waals surface area contributed by atoms with Crippen LogP contribution in [0.4, 0.5) is 0 Å². The molecule has 7 nitrogen and oxygen atoms in total. The maximum absolute atomic E-state index is 13.8. The van der Waals surface area contributed by atoms with Gasteiger partial charge in [0.25, 0.3) is 11.5 Å². The SMILES string of the molecule is COc1ccc(C(C)(NC(=O)c2cc3c(n(CC4CCCCC4)c2=O)CCCCCC3)C(=O)O)cc1. The molecule has 1 heterocycles. The summed E-state index contributed by atoms with van der Waals surface area (Å²) in [6, 6.07) is 8.28. The third kappa shape index (κ3) is 5.50. The lowest BCUT2D eigenvalue weighted by Gasteiger charge is -2.29. The zero-order valence-corrected chi connectivity index (χ0v) is 21.5. The van der Waals surface area contributed by atoms with Gasteiger partial charge in [0.15, 0.2) is 5.54 Å². The van der Waals surface area contributed by atoms with Crippen LogP contribution in [0.2, 0.25) is 0 Å². The molecule has 2 aromatic rings. The number of aryl methyl sites for hydroxylation is 1. The lowest BCUT2D eigenvalue weighted by Crippen LogP contribution is -2.51. The fourth-order valence-corrected chi connectivity index (χ4v) is 5.69. The first-order chi connectivity index (χ1) is 17.3. The quantitative estimate of drug-likeness (QED) is 0.575. The molecule has 0 saturated heterocycles. The number of fused-ring (bicyclic) bond motifs is 1. The standard InChI is InChI=1S/C29H38N2O5/c1-29(28(34)35,22-14-16-23(36-2)17-15-22)30-26(32)24-18-21-12-8-3-4-9-13-25(21)31(27(24)33)19-20-10-6-5-7-11-20/h14-18,20H,3-13,19H2,1-2H3,(H,30,32)(H,34,35). The van der Waals surface area contributed by atoms with Crippen molar-refractivity contribution in [3.63, 3.8) is 0 Å². The highest BCUT2D eigenvalue weighted by atomic mass is 16.5. The third-order valence-electron chi connectivity index (χ3n) is 7.97. The Balaban J connectivity index is 1.72.